The molecule has 23 heavy (non-hydrogen) atoms. The first kappa shape index (κ1) is 15.7. The maximum Gasteiger partial charge on any atom is 0.121 e. The zero-order valence-corrected chi connectivity index (χ0v) is 15.3. The Morgan fingerprint density at radius 3 is 2.39 bits per heavy atom. The number of benzene rings is 2. The van der Waals surface area contributed by atoms with E-state index in [1.54, 1.807) is 13.4 Å². The second-order valence-corrected chi connectivity index (χ2v) is 11.9. The Morgan fingerprint density at radius 2 is 1.74 bits per heavy atom. The van der Waals surface area contributed by atoms with E-state index in [0.29, 0.717) is 0 Å². The third-order valence-electron chi connectivity index (χ3n) is 4.15. The maximum atomic E-state index is 5.28. The van der Waals surface area contributed by atoms with E-state index >= 15 is 0 Å². The van der Waals surface area contributed by atoms with Gasteiger partial charge in [0, 0.05) is 17.0 Å². The van der Waals surface area contributed by atoms with Gasteiger partial charge in [0.2, 0.25) is 0 Å². The first-order chi connectivity index (χ1) is 10.9. The molecule has 0 bridgehead atoms. The Balaban J connectivity index is 2.15. The van der Waals surface area contributed by atoms with Crippen LogP contribution in [-0.2, 0) is 0 Å². The van der Waals surface area contributed by atoms with Gasteiger partial charge in [0.15, 0.2) is 0 Å². The van der Waals surface area contributed by atoms with E-state index in [4.69, 9.17) is 4.74 Å². The monoisotopic (exact) mass is 322 g/mol. The average Bonchev–Trinajstić information content (AvgIpc) is 2.52. The van der Waals surface area contributed by atoms with Gasteiger partial charge >= 0.3 is 0 Å². The van der Waals surface area contributed by atoms with E-state index < -0.39 is 8.07 Å². The van der Waals surface area contributed by atoms with Gasteiger partial charge in [0.05, 0.1) is 26.4 Å². The van der Waals surface area contributed by atoms with Crippen molar-refractivity contribution in [1.29, 1.82) is 0 Å². The van der Waals surface area contributed by atoms with Crippen LogP contribution in [0.3, 0.4) is 0 Å². The smallest absolute Gasteiger partial charge is 0.121 e. The van der Waals surface area contributed by atoms with Crippen molar-refractivity contribution in [2.45, 2.75) is 26.6 Å². The number of hydrogen-bond acceptors (Lipinski definition) is 3. The first-order valence-electron chi connectivity index (χ1n) is 7.80. The lowest BCUT2D eigenvalue weighted by Crippen LogP contribution is -2.39. The second-order valence-electron chi connectivity index (χ2n) is 6.89. The van der Waals surface area contributed by atoms with Gasteiger partial charge in [0.25, 0.3) is 0 Å². The maximum absolute atomic E-state index is 5.28. The third-order valence-corrected chi connectivity index (χ3v) is 6.33. The van der Waals surface area contributed by atoms with Gasteiger partial charge in [-0.15, -0.1) is 0 Å². The Kier molecular flexibility index (Phi) is 3.94. The van der Waals surface area contributed by atoms with Crippen LogP contribution >= 0.6 is 0 Å². The van der Waals surface area contributed by atoms with Gasteiger partial charge in [0.1, 0.15) is 12.1 Å². The van der Waals surface area contributed by atoms with Crippen molar-refractivity contribution in [2.75, 3.05) is 7.11 Å². The number of aromatic nitrogens is 2. The molecule has 0 N–H and O–H groups in total. The molecule has 4 heteroatoms. The van der Waals surface area contributed by atoms with E-state index in [2.05, 4.69) is 54.7 Å². The molecule has 2 aromatic carbocycles. The fraction of sp³-hybridized carbons (Fsp3) is 0.263. The van der Waals surface area contributed by atoms with E-state index in [0.717, 1.165) is 27.9 Å². The highest BCUT2D eigenvalue weighted by Crippen LogP contribution is 2.28. The Labute approximate surface area is 138 Å². The zero-order chi connectivity index (χ0) is 16.6. The molecule has 0 aliphatic rings. The third kappa shape index (κ3) is 2.99. The predicted molar refractivity (Wildman–Crippen MR) is 99.2 cm³/mol. The number of nitrogens with zero attached hydrogens (tertiary/aromatic N) is 2. The molecule has 0 spiro atoms. The standard InChI is InChI=1S/C19H22N2OSi/c1-13-10-14(6-9-18(13)23(3,4)5)19-16-8-7-15(22-2)11-17(16)20-12-21-19/h6-12H,1-5H3. The predicted octanol–water partition coefficient (Wildman–Crippen LogP) is 4.16. The molecule has 0 unspecified atom stereocenters. The molecule has 3 aromatic rings. The number of aryl methyl sites for hydroxylation is 1. The molecule has 0 amide bonds. The number of ether oxygens (including phenoxy) is 1. The van der Waals surface area contributed by atoms with Crippen molar-refractivity contribution < 1.29 is 4.74 Å². The minimum absolute atomic E-state index is 0.812. The fourth-order valence-corrected chi connectivity index (χ4v) is 4.88. The van der Waals surface area contributed by atoms with Crippen LogP contribution in [0.15, 0.2) is 42.7 Å². The summed E-state index contributed by atoms with van der Waals surface area (Å²) in [5, 5.41) is 2.55. The van der Waals surface area contributed by atoms with E-state index in [-0.39, 0.29) is 0 Å². The van der Waals surface area contributed by atoms with Gasteiger partial charge in [-0.05, 0) is 25.1 Å². The summed E-state index contributed by atoms with van der Waals surface area (Å²) in [6.45, 7) is 9.33. The summed E-state index contributed by atoms with van der Waals surface area (Å²) < 4.78 is 5.28. The molecule has 0 aliphatic carbocycles. The first-order valence-corrected chi connectivity index (χ1v) is 11.3. The van der Waals surface area contributed by atoms with Crippen molar-refractivity contribution in [3.05, 3.63) is 48.3 Å². The van der Waals surface area contributed by atoms with E-state index in [9.17, 15) is 0 Å². The molecule has 0 aliphatic heterocycles. The van der Waals surface area contributed by atoms with Crippen LogP contribution < -0.4 is 9.92 Å². The molecule has 118 valence electrons. The number of fused-ring (bicyclic) bond motifs is 1. The minimum atomic E-state index is -1.32. The van der Waals surface area contributed by atoms with Crippen molar-refractivity contribution in [2.24, 2.45) is 0 Å². The summed E-state index contributed by atoms with van der Waals surface area (Å²) in [6, 6.07) is 12.6. The topological polar surface area (TPSA) is 35.0 Å². The molecule has 3 rings (SSSR count). The number of hydrogen-bond donors (Lipinski definition) is 0. The Bertz CT molecular complexity index is 869. The molecule has 1 heterocycles. The highest BCUT2D eigenvalue weighted by atomic mass is 28.3. The largest absolute Gasteiger partial charge is 0.497 e. The van der Waals surface area contributed by atoms with Crippen LogP contribution in [-0.4, -0.2) is 25.2 Å². The lowest BCUT2D eigenvalue weighted by atomic mass is 10.0. The number of methoxy groups -OCH3 is 1. The molecular formula is C19H22N2OSi. The molecule has 0 saturated carbocycles. The second kappa shape index (κ2) is 5.78. The van der Waals surface area contributed by atoms with Gasteiger partial charge < -0.3 is 4.74 Å². The fourth-order valence-electron chi connectivity index (χ4n) is 3.05. The molecular weight excluding hydrogens is 300 g/mol. The van der Waals surface area contributed by atoms with Crippen molar-refractivity contribution in [3.63, 3.8) is 0 Å². The highest BCUT2D eigenvalue weighted by Gasteiger charge is 2.19. The average molecular weight is 322 g/mol. The summed E-state index contributed by atoms with van der Waals surface area (Å²) in [7, 11) is 0.351. The lowest BCUT2D eigenvalue weighted by molar-refractivity contribution is 0.415. The van der Waals surface area contributed by atoms with Gasteiger partial charge in [-0.25, -0.2) is 9.97 Å². The van der Waals surface area contributed by atoms with E-state index in [1.807, 2.05) is 18.2 Å². The SMILES string of the molecule is COc1ccc2c(-c3ccc([Si](C)(C)C)c(C)c3)ncnc2c1. The van der Waals surface area contributed by atoms with Crippen LogP contribution in [0.1, 0.15) is 5.56 Å². The zero-order valence-electron chi connectivity index (χ0n) is 14.3. The quantitative estimate of drug-likeness (QED) is 0.679. The highest BCUT2D eigenvalue weighted by molar-refractivity contribution is 6.89. The van der Waals surface area contributed by atoms with Crippen LogP contribution in [0.5, 0.6) is 5.75 Å². The molecule has 0 atom stereocenters. The van der Waals surface area contributed by atoms with Gasteiger partial charge in [-0.3, -0.25) is 0 Å². The van der Waals surface area contributed by atoms with Crippen molar-refractivity contribution in [1.82, 2.24) is 9.97 Å². The molecule has 1 aromatic heterocycles. The van der Waals surface area contributed by atoms with Crippen LogP contribution in [0.25, 0.3) is 22.2 Å². The summed E-state index contributed by atoms with van der Waals surface area (Å²) in [6.07, 6.45) is 1.62. The van der Waals surface area contributed by atoms with Crippen LogP contribution in [0.4, 0.5) is 0 Å². The summed E-state index contributed by atoms with van der Waals surface area (Å²) >= 11 is 0. The molecule has 3 nitrogen and oxygen atoms in total. The summed E-state index contributed by atoms with van der Waals surface area (Å²) in [5.41, 5.74) is 4.37. The lowest BCUT2D eigenvalue weighted by Gasteiger charge is -2.20. The van der Waals surface area contributed by atoms with Crippen LogP contribution in [0.2, 0.25) is 19.6 Å². The van der Waals surface area contributed by atoms with Crippen molar-refractivity contribution >= 4 is 24.2 Å². The normalized spacial score (nSPS) is 11.7. The summed E-state index contributed by atoms with van der Waals surface area (Å²) in [5.74, 6) is 0.812. The molecule has 0 fully saturated rings. The Morgan fingerprint density at radius 1 is 0.957 bits per heavy atom. The van der Waals surface area contributed by atoms with Gasteiger partial charge in [-0.2, -0.15) is 0 Å². The van der Waals surface area contributed by atoms with E-state index in [1.165, 1.54) is 10.8 Å². The van der Waals surface area contributed by atoms with Crippen LogP contribution in [0, 0.1) is 6.92 Å². The van der Waals surface area contributed by atoms with Crippen molar-refractivity contribution in [3.8, 4) is 17.0 Å². The minimum Gasteiger partial charge on any atom is -0.497 e. The van der Waals surface area contributed by atoms with Gasteiger partial charge in [-0.1, -0.05) is 42.5 Å². The summed E-state index contributed by atoms with van der Waals surface area (Å²) in [4.78, 5) is 8.90. The molecule has 0 saturated heterocycles. The Hall–Kier alpha value is -2.20. The molecule has 0 radical (unpaired) electrons. The number of rotatable bonds is 3.